The third-order valence-corrected chi connectivity index (χ3v) is 6.58. The van der Waals surface area contributed by atoms with E-state index in [0.29, 0.717) is 22.9 Å². The van der Waals surface area contributed by atoms with Crippen LogP contribution < -0.4 is 10.6 Å². The maximum atomic E-state index is 13.6. The van der Waals surface area contributed by atoms with Crippen molar-refractivity contribution in [3.8, 4) is 6.07 Å². The van der Waals surface area contributed by atoms with Crippen LogP contribution in [0.25, 0.3) is 10.9 Å². The summed E-state index contributed by atoms with van der Waals surface area (Å²) < 4.78 is 39.1. The number of nitrogens with one attached hydrogen (secondary N) is 2. The summed E-state index contributed by atoms with van der Waals surface area (Å²) in [7, 11) is 0. The Morgan fingerprint density at radius 2 is 1.92 bits per heavy atom. The smallest absolute Gasteiger partial charge is 0.336 e. The molecule has 3 heterocycles. The summed E-state index contributed by atoms with van der Waals surface area (Å²) in [6, 6.07) is 1.84. The van der Waals surface area contributed by atoms with Crippen LogP contribution in [0.5, 0.6) is 0 Å². The Morgan fingerprint density at radius 3 is 2.53 bits per heavy atom. The van der Waals surface area contributed by atoms with Crippen LogP contribution in [-0.2, 0) is 14.4 Å². The molecule has 3 rings (SSSR count). The summed E-state index contributed by atoms with van der Waals surface area (Å²) in [6.45, 7) is 6.70. The van der Waals surface area contributed by atoms with E-state index >= 15 is 0 Å². The summed E-state index contributed by atoms with van der Waals surface area (Å²) >= 11 is 0. The molecule has 1 aliphatic heterocycles. The fourth-order valence-corrected chi connectivity index (χ4v) is 4.71. The van der Waals surface area contributed by atoms with Crippen molar-refractivity contribution in [1.82, 2.24) is 25.5 Å². The van der Waals surface area contributed by atoms with Gasteiger partial charge < -0.3 is 15.5 Å². The van der Waals surface area contributed by atoms with Gasteiger partial charge in [0.2, 0.25) is 11.8 Å². The summed E-state index contributed by atoms with van der Waals surface area (Å²) in [6.07, 6.45) is 1.15. The van der Waals surface area contributed by atoms with Crippen LogP contribution in [-0.4, -0.2) is 57.4 Å². The molecule has 9 nitrogen and oxygen atoms in total. The molecule has 3 amide bonds. The Labute approximate surface area is 218 Å². The van der Waals surface area contributed by atoms with Crippen molar-refractivity contribution in [2.24, 2.45) is 11.3 Å². The highest BCUT2D eigenvalue weighted by atomic mass is 19.4. The molecule has 0 saturated carbocycles. The zero-order valence-electron chi connectivity index (χ0n) is 21.7. The second-order valence-electron chi connectivity index (χ2n) is 10.5. The second-order valence-corrected chi connectivity index (χ2v) is 10.5. The maximum absolute atomic E-state index is 13.6. The molecule has 0 radical (unpaired) electrons. The number of fused-ring (bicyclic) bond motifs is 1. The number of carbonyl (C=O) groups is 3. The zero-order chi connectivity index (χ0) is 28.3. The number of pyridine rings is 2. The molecule has 2 N–H and O–H groups in total. The van der Waals surface area contributed by atoms with Crippen molar-refractivity contribution in [2.75, 3.05) is 6.54 Å². The molecule has 1 saturated heterocycles. The van der Waals surface area contributed by atoms with Gasteiger partial charge >= 0.3 is 12.1 Å². The average molecular weight is 533 g/mol. The first-order valence-electron chi connectivity index (χ1n) is 12.3. The lowest BCUT2D eigenvalue weighted by molar-refractivity contribution is -0.176. The molecule has 0 aliphatic carbocycles. The number of halogens is 3. The Kier molecular flexibility index (Phi) is 8.59. The lowest BCUT2D eigenvalue weighted by Gasteiger charge is -2.35. The minimum absolute atomic E-state index is 0.0694. The van der Waals surface area contributed by atoms with E-state index in [2.05, 4.69) is 15.3 Å². The first-order valence-corrected chi connectivity index (χ1v) is 12.3. The van der Waals surface area contributed by atoms with Crippen LogP contribution in [0, 0.1) is 22.7 Å². The molecule has 1 unspecified atom stereocenters. The highest BCUT2D eigenvalue weighted by molar-refractivity contribution is 5.94. The number of nitrogens with zero attached hydrogens (tertiary/aromatic N) is 4. The first kappa shape index (κ1) is 28.8. The van der Waals surface area contributed by atoms with Gasteiger partial charge in [0.15, 0.2) is 0 Å². The van der Waals surface area contributed by atoms with Gasteiger partial charge in [-0.3, -0.25) is 24.4 Å². The number of nitriles is 1. The monoisotopic (exact) mass is 532 g/mol. The highest BCUT2D eigenvalue weighted by Gasteiger charge is 2.48. The van der Waals surface area contributed by atoms with Crippen LogP contribution in [0.15, 0.2) is 30.7 Å². The van der Waals surface area contributed by atoms with Gasteiger partial charge in [-0.25, -0.2) is 0 Å². The number of hydrogen-bond donors (Lipinski definition) is 2. The lowest BCUT2D eigenvalue weighted by Crippen LogP contribution is -2.59. The molecule has 1 fully saturated rings. The van der Waals surface area contributed by atoms with Gasteiger partial charge in [0.05, 0.1) is 11.6 Å². The molecule has 0 aromatic carbocycles. The van der Waals surface area contributed by atoms with Crippen molar-refractivity contribution in [3.05, 3.63) is 36.3 Å². The van der Waals surface area contributed by atoms with Crippen LogP contribution >= 0.6 is 0 Å². The molecule has 0 spiro atoms. The summed E-state index contributed by atoms with van der Waals surface area (Å²) in [5.74, 6) is -3.70. The predicted molar refractivity (Wildman–Crippen MR) is 132 cm³/mol. The Hall–Kier alpha value is -3.75. The summed E-state index contributed by atoms with van der Waals surface area (Å²) in [4.78, 5) is 48.5. The third kappa shape index (κ3) is 6.38. The molecular weight excluding hydrogens is 501 g/mol. The van der Waals surface area contributed by atoms with Crippen LogP contribution in [0.3, 0.4) is 0 Å². The molecular formula is C26H31F3N6O3. The first-order chi connectivity index (χ1) is 17.8. The van der Waals surface area contributed by atoms with Gasteiger partial charge in [-0.15, -0.1) is 0 Å². The quantitative estimate of drug-likeness (QED) is 0.563. The second kappa shape index (κ2) is 11.3. The van der Waals surface area contributed by atoms with E-state index in [4.69, 9.17) is 0 Å². The van der Waals surface area contributed by atoms with Gasteiger partial charge in [0.1, 0.15) is 18.1 Å². The van der Waals surface area contributed by atoms with E-state index in [9.17, 15) is 32.8 Å². The number of rotatable bonds is 7. The molecule has 12 heteroatoms. The molecule has 38 heavy (non-hydrogen) atoms. The normalized spacial score (nSPS) is 19.5. The van der Waals surface area contributed by atoms with Crippen molar-refractivity contribution in [3.63, 3.8) is 0 Å². The minimum Gasteiger partial charge on any atom is -0.336 e. The number of carbonyl (C=O) groups excluding carboxylic acids is 3. The number of aromatic nitrogens is 2. The van der Waals surface area contributed by atoms with E-state index in [0.717, 1.165) is 6.42 Å². The van der Waals surface area contributed by atoms with E-state index < -0.39 is 47.4 Å². The van der Waals surface area contributed by atoms with E-state index in [1.807, 2.05) is 18.3 Å². The number of hydrogen-bond acceptors (Lipinski definition) is 6. The third-order valence-electron chi connectivity index (χ3n) is 6.58. The maximum Gasteiger partial charge on any atom is 0.471 e. The fourth-order valence-electron chi connectivity index (χ4n) is 4.71. The van der Waals surface area contributed by atoms with Crippen molar-refractivity contribution < 1.29 is 27.6 Å². The lowest BCUT2D eigenvalue weighted by atomic mass is 9.85. The van der Waals surface area contributed by atoms with Crippen LogP contribution in [0.1, 0.15) is 58.6 Å². The SMILES string of the molecule is CCC[C@H]1C[C@@H](C(=O)NC(C#N)c2cncc3cccnc23)N(C(=O)[C@@H](NC(=O)C(F)(F)F)C(C)(C)C)C1. The largest absolute Gasteiger partial charge is 0.471 e. The van der Waals surface area contributed by atoms with Crippen LogP contribution in [0.2, 0.25) is 0 Å². The Bertz CT molecular complexity index is 1230. The molecule has 2 aromatic rings. The summed E-state index contributed by atoms with van der Waals surface area (Å²) in [5.41, 5.74) is -0.206. The van der Waals surface area contributed by atoms with Crippen LogP contribution in [0.4, 0.5) is 13.2 Å². The number of alkyl halides is 3. The number of amides is 3. The molecule has 204 valence electrons. The van der Waals surface area contributed by atoms with E-state index in [1.54, 1.807) is 24.5 Å². The highest BCUT2D eigenvalue weighted by Crippen LogP contribution is 2.32. The van der Waals surface area contributed by atoms with Crippen molar-refractivity contribution in [1.29, 1.82) is 5.26 Å². The summed E-state index contributed by atoms with van der Waals surface area (Å²) in [5, 5.41) is 15.0. The van der Waals surface area contributed by atoms with Gasteiger partial charge in [0.25, 0.3) is 0 Å². The minimum atomic E-state index is -5.17. The Balaban J connectivity index is 1.90. The predicted octanol–water partition coefficient (Wildman–Crippen LogP) is 3.42. The topological polar surface area (TPSA) is 128 Å². The fraction of sp³-hybridized carbons (Fsp3) is 0.538. The van der Waals surface area contributed by atoms with Gasteiger partial charge in [-0.05, 0) is 36.3 Å². The van der Waals surface area contributed by atoms with Gasteiger partial charge in [-0.1, -0.05) is 34.1 Å². The van der Waals surface area contributed by atoms with E-state index in [-0.39, 0.29) is 18.9 Å². The standard InChI is InChI=1S/C26H31F3N6O3/c1-5-7-15-10-19(35(14-15)23(37)21(25(2,3)4)34-24(38)26(27,28)29)22(36)33-18(11-30)17-13-31-12-16-8-6-9-32-20(16)17/h6,8-9,12-13,15,18-19,21H,5,7,10,14H2,1-4H3,(H,33,36)(H,34,38)/t15-,18?,19-,21+/m0/s1. The number of likely N-dealkylation sites (tertiary alicyclic amines) is 1. The van der Waals surface area contributed by atoms with Gasteiger partial charge in [0, 0.05) is 36.1 Å². The molecule has 0 bridgehead atoms. The zero-order valence-corrected chi connectivity index (χ0v) is 21.7. The molecule has 4 atom stereocenters. The average Bonchev–Trinajstić information content (AvgIpc) is 3.28. The van der Waals surface area contributed by atoms with E-state index in [1.165, 1.54) is 31.9 Å². The Morgan fingerprint density at radius 1 is 1.21 bits per heavy atom. The van der Waals surface area contributed by atoms with Crippen molar-refractivity contribution in [2.45, 2.75) is 71.3 Å². The molecule has 2 aromatic heterocycles. The van der Waals surface area contributed by atoms with Crippen molar-refractivity contribution >= 4 is 28.6 Å². The van der Waals surface area contributed by atoms with Gasteiger partial charge in [-0.2, -0.15) is 18.4 Å². The molecule has 1 aliphatic rings.